The van der Waals surface area contributed by atoms with Crippen molar-refractivity contribution in [1.82, 2.24) is 0 Å². The first-order chi connectivity index (χ1) is 6.50. The van der Waals surface area contributed by atoms with Gasteiger partial charge in [0.05, 0.1) is 5.75 Å². The van der Waals surface area contributed by atoms with E-state index in [4.69, 9.17) is 17.3 Å². The van der Waals surface area contributed by atoms with E-state index in [9.17, 15) is 4.21 Å². The van der Waals surface area contributed by atoms with Crippen LogP contribution in [-0.2, 0) is 16.6 Å². The van der Waals surface area contributed by atoms with Gasteiger partial charge in [-0.15, -0.1) is 0 Å². The molecule has 1 atom stereocenters. The molecule has 0 radical (unpaired) electrons. The molecular formula is C10H14ClNOS. The number of rotatable bonds is 3. The zero-order valence-corrected chi connectivity index (χ0v) is 9.86. The third-order valence-electron chi connectivity index (χ3n) is 1.93. The smallest absolute Gasteiger partial charge is 0.0508 e. The van der Waals surface area contributed by atoms with Crippen molar-refractivity contribution in [3.05, 3.63) is 28.8 Å². The highest BCUT2D eigenvalue weighted by Crippen LogP contribution is 2.20. The highest BCUT2D eigenvalue weighted by atomic mass is 35.5. The van der Waals surface area contributed by atoms with E-state index < -0.39 is 10.8 Å². The lowest BCUT2D eigenvalue weighted by Crippen LogP contribution is -2.09. The number of nitrogens with two attached hydrogens (primary N) is 1. The molecule has 0 fully saturated rings. The standard InChI is InChI=1S/C10H14ClNOS/c1-7(2)14(13)6-8-3-4-9(11)5-10(8)12/h3-5,7H,6,12H2,1-2H3. The molecule has 1 unspecified atom stereocenters. The van der Waals surface area contributed by atoms with Gasteiger partial charge in [0.25, 0.3) is 0 Å². The largest absolute Gasteiger partial charge is 0.398 e. The number of benzene rings is 1. The third kappa shape index (κ3) is 3.00. The minimum Gasteiger partial charge on any atom is -0.398 e. The van der Waals surface area contributed by atoms with Crippen LogP contribution in [0.15, 0.2) is 18.2 Å². The van der Waals surface area contributed by atoms with Crippen LogP contribution in [0.1, 0.15) is 19.4 Å². The number of nitrogen functional groups attached to an aromatic ring is 1. The van der Waals surface area contributed by atoms with Crippen molar-refractivity contribution >= 4 is 28.1 Å². The summed E-state index contributed by atoms with van der Waals surface area (Å²) in [6.45, 7) is 3.87. The first-order valence-electron chi connectivity index (χ1n) is 4.41. The summed E-state index contributed by atoms with van der Waals surface area (Å²) in [5, 5.41) is 0.770. The lowest BCUT2D eigenvalue weighted by atomic mass is 10.2. The topological polar surface area (TPSA) is 43.1 Å². The monoisotopic (exact) mass is 231 g/mol. The van der Waals surface area contributed by atoms with Gasteiger partial charge in [0.15, 0.2) is 0 Å². The molecule has 2 N–H and O–H groups in total. The van der Waals surface area contributed by atoms with Gasteiger partial charge >= 0.3 is 0 Å². The summed E-state index contributed by atoms with van der Waals surface area (Å²) in [7, 11) is -0.863. The molecule has 0 aliphatic rings. The summed E-state index contributed by atoms with van der Waals surface area (Å²) >= 11 is 5.76. The van der Waals surface area contributed by atoms with E-state index >= 15 is 0 Å². The van der Waals surface area contributed by atoms with Crippen molar-refractivity contribution in [2.45, 2.75) is 24.9 Å². The van der Waals surface area contributed by atoms with Crippen molar-refractivity contribution in [3.8, 4) is 0 Å². The van der Waals surface area contributed by atoms with Crippen LogP contribution in [0.2, 0.25) is 5.02 Å². The maximum absolute atomic E-state index is 11.6. The lowest BCUT2D eigenvalue weighted by Gasteiger charge is -2.08. The van der Waals surface area contributed by atoms with E-state index in [1.165, 1.54) is 0 Å². The highest BCUT2D eigenvalue weighted by Gasteiger charge is 2.08. The van der Waals surface area contributed by atoms with Crippen LogP contribution >= 0.6 is 11.6 Å². The normalized spacial score (nSPS) is 13.1. The molecule has 0 aliphatic carbocycles. The Morgan fingerprint density at radius 3 is 2.64 bits per heavy atom. The van der Waals surface area contributed by atoms with Gasteiger partial charge in [-0.2, -0.15) is 0 Å². The first-order valence-corrected chi connectivity index (χ1v) is 6.18. The minimum absolute atomic E-state index is 0.157. The van der Waals surface area contributed by atoms with Crippen molar-refractivity contribution in [1.29, 1.82) is 0 Å². The predicted octanol–water partition coefficient (Wildman–Crippen LogP) is 2.58. The van der Waals surface area contributed by atoms with E-state index in [1.807, 2.05) is 19.9 Å². The Morgan fingerprint density at radius 1 is 1.50 bits per heavy atom. The van der Waals surface area contributed by atoms with E-state index in [-0.39, 0.29) is 5.25 Å². The molecule has 0 bridgehead atoms. The molecule has 0 saturated carbocycles. The minimum atomic E-state index is -0.863. The fourth-order valence-electron chi connectivity index (χ4n) is 1.02. The van der Waals surface area contributed by atoms with Crippen LogP contribution in [0.5, 0.6) is 0 Å². The van der Waals surface area contributed by atoms with Crippen LogP contribution in [0.25, 0.3) is 0 Å². The number of hydrogen-bond donors (Lipinski definition) is 1. The van der Waals surface area contributed by atoms with Gasteiger partial charge in [0, 0.05) is 26.8 Å². The van der Waals surface area contributed by atoms with E-state index in [2.05, 4.69) is 0 Å². The molecule has 0 aromatic heterocycles. The van der Waals surface area contributed by atoms with Crippen LogP contribution in [0, 0.1) is 0 Å². The average Bonchev–Trinajstić information content (AvgIpc) is 2.09. The van der Waals surface area contributed by atoms with E-state index in [0.29, 0.717) is 16.5 Å². The zero-order chi connectivity index (χ0) is 10.7. The Hall–Kier alpha value is -0.540. The van der Waals surface area contributed by atoms with Crippen LogP contribution < -0.4 is 5.73 Å². The first kappa shape index (κ1) is 11.5. The summed E-state index contributed by atoms with van der Waals surface area (Å²) in [6.07, 6.45) is 0. The molecule has 0 heterocycles. The van der Waals surface area contributed by atoms with Crippen LogP contribution in [0.3, 0.4) is 0 Å². The molecule has 1 aromatic rings. The Bertz CT molecular complexity index is 352. The van der Waals surface area contributed by atoms with Gasteiger partial charge in [-0.05, 0) is 17.7 Å². The van der Waals surface area contributed by atoms with Gasteiger partial charge in [-0.25, -0.2) is 0 Å². The average molecular weight is 232 g/mol. The van der Waals surface area contributed by atoms with Crippen molar-refractivity contribution in [2.24, 2.45) is 0 Å². The molecule has 0 saturated heterocycles. The molecule has 4 heteroatoms. The number of hydrogen-bond acceptors (Lipinski definition) is 2. The fourth-order valence-corrected chi connectivity index (χ4v) is 2.10. The Labute approximate surface area is 91.9 Å². The zero-order valence-electron chi connectivity index (χ0n) is 8.29. The van der Waals surface area contributed by atoms with Gasteiger partial charge in [-0.3, -0.25) is 4.21 Å². The molecule has 0 amide bonds. The maximum atomic E-state index is 11.6. The van der Waals surface area contributed by atoms with E-state index in [1.54, 1.807) is 12.1 Å². The van der Waals surface area contributed by atoms with Crippen molar-refractivity contribution in [3.63, 3.8) is 0 Å². The fraction of sp³-hybridized carbons (Fsp3) is 0.400. The Balaban J connectivity index is 2.82. The third-order valence-corrected chi connectivity index (χ3v) is 3.81. The van der Waals surface area contributed by atoms with E-state index in [0.717, 1.165) is 5.56 Å². The molecular weight excluding hydrogens is 218 g/mol. The molecule has 0 spiro atoms. The second kappa shape index (κ2) is 4.80. The second-order valence-electron chi connectivity index (χ2n) is 3.42. The van der Waals surface area contributed by atoms with Gasteiger partial charge in [-0.1, -0.05) is 31.5 Å². The summed E-state index contributed by atoms with van der Waals surface area (Å²) in [5.41, 5.74) is 7.27. The predicted molar refractivity (Wildman–Crippen MR) is 62.8 cm³/mol. The van der Waals surface area contributed by atoms with Gasteiger partial charge in [0.1, 0.15) is 0 Å². The molecule has 78 valence electrons. The molecule has 14 heavy (non-hydrogen) atoms. The molecule has 1 aromatic carbocycles. The number of anilines is 1. The molecule has 0 aliphatic heterocycles. The summed E-state index contributed by atoms with van der Waals surface area (Å²) in [4.78, 5) is 0. The molecule has 2 nitrogen and oxygen atoms in total. The maximum Gasteiger partial charge on any atom is 0.0508 e. The van der Waals surface area contributed by atoms with Gasteiger partial charge in [0.2, 0.25) is 0 Å². The highest BCUT2D eigenvalue weighted by molar-refractivity contribution is 7.84. The van der Waals surface area contributed by atoms with Gasteiger partial charge < -0.3 is 5.73 Å². The quantitative estimate of drug-likeness (QED) is 0.813. The second-order valence-corrected chi connectivity index (χ2v) is 5.85. The van der Waals surface area contributed by atoms with Crippen molar-refractivity contribution < 1.29 is 4.21 Å². The van der Waals surface area contributed by atoms with Crippen LogP contribution in [-0.4, -0.2) is 9.46 Å². The Kier molecular flexibility index (Phi) is 3.96. The lowest BCUT2D eigenvalue weighted by molar-refractivity contribution is 0.676. The summed E-state index contributed by atoms with van der Waals surface area (Å²) in [5.74, 6) is 0.501. The Morgan fingerprint density at radius 2 is 2.14 bits per heavy atom. The molecule has 1 rings (SSSR count). The SMILES string of the molecule is CC(C)S(=O)Cc1ccc(Cl)cc1N. The number of halogens is 1. The summed E-state index contributed by atoms with van der Waals surface area (Å²) < 4.78 is 11.6. The van der Waals surface area contributed by atoms with Crippen molar-refractivity contribution in [2.75, 3.05) is 5.73 Å². The summed E-state index contributed by atoms with van der Waals surface area (Å²) in [6, 6.07) is 5.29. The van der Waals surface area contributed by atoms with Crippen LogP contribution in [0.4, 0.5) is 5.69 Å².